The van der Waals surface area contributed by atoms with Gasteiger partial charge in [0.05, 0.1) is 7.11 Å². The van der Waals surface area contributed by atoms with Crippen molar-refractivity contribution in [3.63, 3.8) is 0 Å². The van der Waals surface area contributed by atoms with E-state index in [-0.39, 0.29) is 5.41 Å². The molecule has 0 amide bonds. The van der Waals surface area contributed by atoms with Gasteiger partial charge in [-0.15, -0.1) is 0 Å². The van der Waals surface area contributed by atoms with Gasteiger partial charge in [-0.1, -0.05) is 13.0 Å². The van der Waals surface area contributed by atoms with Gasteiger partial charge < -0.3 is 9.64 Å². The highest BCUT2D eigenvalue weighted by Gasteiger charge is 2.56. The topological polar surface area (TPSA) is 29.5 Å². The first kappa shape index (κ1) is 19.0. The first-order chi connectivity index (χ1) is 12.9. The summed E-state index contributed by atoms with van der Waals surface area (Å²) < 4.78 is 5.44. The van der Waals surface area contributed by atoms with Crippen LogP contribution in [0.4, 0.5) is 0 Å². The van der Waals surface area contributed by atoms with E-state index in [1.54, 1.807) is 12.7 Å². The third kappa shape index (κ3) is 3.22. The number of carbonyl (C=O) groups excluding carboxylic acids is 1. The zero-order chi connectivity index (χ0) is 19.2. The molecule has 0 radical (unpaired) electrons. The maximum atomic E-state index is 13.0. The van der Waals surface area contributed by atoms with Gasteiger partial charge in [-0.2, -0.15) is 0 Å². The molecule has 3 nitrogen and oxygen atoms in total. The minimum atomic E-state index is 0.231. The molecule has 1 unspecified atom stereocenters. The zero-order valence-corrected chi connectivity index (χ0v) is 17.5. The van der Waals surface area contributed by atoms with E-state index >= 15 is 0 Å². The Hall–Kier alpha value is -1.35. The van der Waals surface area contributed by atoms with Crippen LogP contribution >= 0.6 is 0 Å². The second-order valence-electron chi connectivity index (χ2n) is 9.67. The monoisotopic (exact) mass is 369 g/mol. The van der Waals surface area contributed by atoms with Crippen molar-refractivity contribution in [1.29, 1.82) is 0 Å². The van der Waals surface area contributed by atoms with Crippen LogP contribution < -0.4 is 4.74 Å². The van der Waals surface area contributed by atoms with Crippen molar-refractivity contribution in [3.8, 4) is 5.75 Å². The molecule has 2 fully saturated rings. The molecule has 3 aliphatic rings. The molecule has 0 N–H and O–H groups in total. The Morgan fingerprint density at radius 1 is 1.22 bits per heavy atom. The Kier molecular flexibility index (Phi) is 5.09. The van der Waals surface area contributed by atoms with E-state index in [0.717, 1.165) is 37.0 Å². The summed E-state index contributed by atoms with van der Waals surface area (Å²) in [5.41, 5.74) is 3.29. The Morgan fingerprint density at radius 2 is 2.04 bits per heavy atom. The Balaban J connectivity index is 1.54. The van der Waals surface area contributed by atoms with Crippen LogP contribution in [0.25, 0.3) is 0 Å². The lowest BCUT2D eigenvalue weighted by atomic mass is 9.54. The summed E-state index contributed by atoms with van der Waals surface area (Å²) in [7, 11) is 5.88. The number of ketones is 1. The highest BCUT2D eigenvalue weighted by molar-refractivity contribution is 5.82. The molecule has 3 aliphatic carbocycles. The van der Waals surface area contributed by atoms with Crippen LogP contribution in [-0.2, 0) is 11.2 Å². The van der Waals surface area contributed by atoms with Gasteiger partial charge in [-0.25, -0.2) is 0 Å². The van der Waals surface area contributed by atoms with Crippen molar-refractivity contribution in [1.82, 2.24) is 4.90 Å². The van der Waals surface area contributed by atoms with Gasteiger partial charge >= 0.3 is 0 Å². The number of Topliss-reactive ketones (excluding diaryl/α,β-unsaturated/α-hetero) is 1. The first-order valence-electron chi connectivity index (χ1n) is 10.8. The molecule has 1 aromatic rings. The number of ether oxygens (including phenoxy) is 1. The summed E-state index contributed by atoms with van der Waals surface area (Å²) in [6, 6.07) is 6.71. The van der Waals surface area contributed by atoms with Crippen LogP contribution in [0.15, 0.2) is 18.2 Å². The molecule has 0 heterocycles. The molecule has 5 atom stereocenters. The lowest BCUT2D eigenvalue weighted by Crippen LogP contribution is -2.44. The van der Waals surface area contributed by atoms with Crippen molar-refractivity contribution in [2.24, 2.45) is 23.2 Å². The van der Waals surface area contributed by atoms with Crippen LogP contribution in [0.3, 0.4) is 0 Å². The van der Waals surface area contributed by atoms with Crippen molar-refractivity contribution in [2.45, 2.75) is 57.8 Å². The molecular weight excluding hydrogens is 334 g/mol. The summed E-state index contributed by atoms with van der Waals surface area (Å²) in [5.74, 6) is 3.97. The number of carbonyl (C=O) groups is 1. The number of fused-ring (bicyclic) bond motifs is 5. The molecule has 0 aromatic heterocycles. The third-order valence-electron chi connectivity index (χ3n) is 8.13. The summed E-state index contributed by atoms with van der Waals surface area (Å²) in [4.78, 5) is 15.1. The van der Waals surface area contributed by atoms with E-state index in [2.05, 4.69) is 44.1 Å². The maximum absolute atomic E-state index is 13.0. The number of aryl methyl sites for hydroxylation is 1. The summed E-state index contributed by atoms with van der Waals surface area (Å²) in [6.07, 6.45) is 7.99. The van der Waals surface area contributed by atoms with Crippen LogP contribution in [-0.4, -0.2) is 38.4 Å². The van der Waals surface area contributed by atoms with Gasteiger partial charge in [0.25, 0.3) is 0 Å². The van der Waals surface area contributed by atoms with Gasteiger partial charge in [-0.3, -0.25) is 4.79 Å². The maximum Gasteiger partial charge on any atom is 0.137 e. The number of benzene rings is 1. The number of nitrogens with zero attached hydrogens (tertiary/aromatic N) is 1. The van der Waals surface area contributed by atoms with Crippen LogP contribution in [0.5, 0.6) is 5.75 Å². The Morgan fingerprint density at radius 3 is 2.78 bits per heavy atom. The lowest BCUT2D eigenvalue weighted by Gasteiger charge is -2.50. The average molecular weight is 370 g/mol. The molecule has 0 saturated heterocycles. The van der Waals surface area contributed by atoms with Crippen molar-refractivity contribution >= 4 is 5.78 Å². The number of hydrogen-bond donors (Lipinski definition) is 0. The minimum Gasteiger partial charge on any atom is -0.497 e. The van der Waals surface area contributed by atoms with E-state index < -0.39 is 0 Å². The lowest BCUT2D eigenvalue weighted by molar-refractivity contribution is -0.128. The van der Waals surface area contributed by atoms with E-state index in [1.165, 1.54) is 37.7 Å². The molecule has 27 heavy (non-hydrogen) atoms. The molecule has 1 aromatic carbocycles. The predicted octanol–water partition coefficient (Wildman–Crippen LogP) is 4.69. The van der Waals surface area contributed by atoms with E-state index in [4.69, 9.17) is 4.74 Å². The molecule has 0 spiro atoms. The van der Waals surface area contributed by atoms with Gasteiger partial charge in [0.2, 0.25) is 0 Å². The molecule has 148 valence electrons. The van der Waals surface area contributed by atoms with Gasteiger partial charge in [0, 0.05) is 18.9 Å². The summed E-state index contributed by atoms with van der Waals surface area (Å²) in [5, 5.41) is 0. The average Bonchev–Trinajstić information content (AvgIpc) is 3.02. The molecule has 0 bridgehead atoms. The standard InChI is InChI=1S/C24H35NO2/c1-24-13-11-19-18-8-6-17(27-4)15-16(18)5-7-20(19)21(24)9-10-22(24)23(26)12-14-25(2)3/h6,8,15,19-22H,5,7,9-14H2,1-4H3/t19-,20-,21+,22?,24+/m1/s1. The fourth-order valence-corrected chi connectivity index (χ4v) is 6.72. The third-order valence-corrected chi connectivity index (χ3v) is 8.13. The first-order valence-corrected chi connectivity index (χ1v) is 10.8. The molecule has 4 rings (SSSR count). The minimum absolute atomic E-state index is 0.231. The van der Waals surface area contributed by atoms with E-state index in [1.807, 2.05) is 0 Å². The zero-order valence-electron chi connectivity index (χ0n) is 17.5. The van der Waals surface area contributed by atoms with E-state index in [0.29, 0.717) is 17.6 Å². The van der Waals surface area contributed by atoms with Crippen LogP contribution in [0.2, 0.25) is 0 Å². The van der Waals surface area contributed by atoms with Crippen molar-refractivity contribution in [3.05, 3.63) is 29.3 Å². The number of rotatable bonds is 5. The quantitative estimate of drug-likeness (QED) is 0.754. The molecular formula is C24H35NO2. The van der Waals surface area contributed by atoms with E-state index in [9.17, 15) is 4.79 Å². The highest BCUT2D eigenvalue weighted by Crippen LogP contribution is 2.63. The number of methoxy groups -OCH3 is 1. The number of hydrogen-bond acceptors (Lipinski definition) is 3. The second-order valence-corrected chi connectivity index (χ2v) is 9.67. The normalized spacial score (nSPS) is 34.7. The highest BCUT2D eigenvalue weighted by atomic mass is 16.5. The smallest absolute Gasteiger partial charge is 0.137 e. The van der Waals surface area contributed by atoms with Gasteiger partial charge in [0.1, 0.15) is 11.5 Å². The van der Waals surface area contributed by atoms with Crippen LogP contribution in [0.1, 0.15) is 62.5 Å². The molecule has 2 saturated carbocycles. The Labute approximate surface area is 164 Å². The molecule has 3 heteroatoms. The second kappa shape index (κ2) is 7.24. The molecule has 0 aliphatic heterocycles. The fourth-order valence-electron chi connectivity index (χ4n) is 6.72. The van der Waals surface area contributed by atoms with Crippen LogP contribution in [0, 0.1) is 23.2 Å². The Bertz CT molecular complexity index is 712. The summed E-state index contributed by atoms with van der Waals surface area (Å²) in [6.45, 7) is 3.33. The largest absolute Gasteiger partial charge is 0.497 e. The summed E-state index contributed by atoms with van der Waals surface area (Å²) >= 11 is 0. The predicted molar refractivity (Wildman–Crippen MR) is 109 cm³/mol. The van der Waals surface area contributed by atoms with Crippen molar-refractivity contribution in [2.75, 3.05) is 27.7 Å². The SMILES string of the molecule is COc1ccc2c(c1)CC[C@@H]1[C@@H]2CC[C@]2(C)C(C(=O)CCN(C)C)CC[C@@H]12. The van der Waals surface area contributed by atoms with Gasteiger partial charge in [-0.05, 0) is 99.0 Å². The van der Waals surface area contributed by atoms with Gasteiger partial charge in [0.15, 0.2) is 0 Å². The van der Waals surface area contributed by atoms with Crippen molar-refractivity contribution < 1.29 is 9.53 Å². The fraction of sp³-hybridized carbons (Fsp3) is 0.708.